The monoisotopic (exact) mass is 390 g/mol. The maximum Gasteiger partial charge on any atom is 0.237 e. The van der Waals surface area contributed by atoms with Gasteiger partial charge in [-0.05, 0) is 26.0 Å². The molecular formula is C20H27FN4O3. The quantitative estimate of drug-likeness (QED) is 0.564. The number of anilines is 1. The van der Waals surface area contributed by atoms with E-state index < -0.39 is 5.41 Å². The third-order valence-corrected chi connectivity index (χ3v) is 5.58. The van der Waals surface area contributed by atoms with Crippen molar-refractivity contribution in [3.05, 3.63) is 30.1 Å². The van der Waals surface area contributed by atoms with E-state index in [1.54, 1.807) is 46.7 Å². The van der Waals surface area contributed by atoms with E-state index in [0.717, 1.165) is 6.41 Å². The summed E-state index contributed by atoms with van der Waals surface area (Å²) < 4.78 is 14.0. The third-order valence-electron chi connectivity index (χ3n) is 5.58. The minimum atomic E-state index is -1.16. The van der Waals surface area contributed by atoms with E-state index in [-0.39, 0.29) is 17.6 Å². The molecule has 1 aromatic rings. The van der Waals surface area contributed by atoms with Crippen LogP contribution in [0, 0.1) is 11.2 Å². The average molecular weight is 390 g/mol. The van der Waals surface area contributed by atoms with Crippen LogP contribution in [0.15, 0.2) is 24.3 Å². The highest BCUT2D eigenvalue weighted by atomic mass is 19.1. The number of rotatable bonds is 4. The van der Waals surface area contributed by atoms with Gasteiger partial charge in [0.15, 0.2) is 0 Å². The van der Waals surface area contributed by atoms with Crippen LogP contribution in [0.3, 0.4) is 0 Å². The molecule has 28 heavy (non-hydrogen) atoms. The second-order valence-electron chi connectivity index (χ2n) is 7.79. The van der Waals surface area contributed by atoms with Crippen LogP contribution in [0.25, 0.3) is 0 Å². The second-order valence-corrected chi connectivity index (χ2v) is 7.79. The van der Waals surface area contributed by atoms with E-state index in [1.165, 1.54) is 6.07 Å². The molecule has 3 amide bonds. The summed E-state index contributed by atoms with van der Waals surface area (Å²) in [5, 5.41) is 0. The fourth-order valence-electron chi connectivity index (χ4n) is 3.77. The summed E-state index contributed by atoms with van der Waals surface area (Å²) in [6.07, 6.45) is 0.785. The van der Waals surface area contributed by atoms with Crippen LogP contribution in [0.5, 0.6) is 0 Å². The lowest BCUT2D eigenvalue weighted by Crippen LogP contribution is -2.58. The number of carbonyl (C=O) groups excluding carboxylic acids is 3. The molecule has 0 aliphatic carbocycles. The number of nitrogens with zero attached hydrogens (tertiary/aromatic N) is 4. The van der Waals surface area contributed by atoms with Crippen molar-refractivity contribution in [1.29, 1.82) is 0 Å². The second kappa shape index (κ2) is 8.16. The zero-order chi connectivity index (χ0) is 20.3. The van der Waals surface area contributed by atoms with Crippen molar-refractivity contribution in [3.8, 4) is 0 Å². The maximum atomic E-state index is 14.0. The van der Waals surface area contributed by atoms with Crippen molar-refractivity contribution < 1.29 is 18.8 Å². The van der Waals surface area contributed by atoms with Gasteiger partial charge >= 0.3 is 0 Å². The van der Waals surface area contributed by atoms with E-state index in [4.69, 9.17) is 0 Å². The van der Waals surface area contributed by atoms with Gasteiger partial charge in [0, 0.05) is 52.4 Å². The molecule has 8 heteroatoms. The lowest BCUT2D eigenvalue weighted by molar-refractivity contribution is -0.155. The van der Waals surface area contributed by atoms with Gasteiger partial charge in [-0.2, -0.15) is 0 Å². The highest BCUT2D eigenvalue weighted by molar-refractivity contribution is 6.04. The van der Waals surface area contributed by atoms with Crippen molar-refractivity contribution in [3.63, 3.8) is 0 Å². The van der Waals surface area contributed by atoms with E-state index >= 15 is 0 Å². The Balaban J connectivity index is 1.60. The lowest BCUT2D eigenvalue weighted by Gasteiger charge is -2.41. The first kappa shape index (κ1) is 20.1. The highest BCUT2D eigenvalue weighted by Crippen LogP contribution is 2.26. The number of hydrogen-bond donors (Lipinski definition) is 0. The number of piperazine rings is 2. The molecule has 0 atom stereocenters. The molecule has 3 rings (SSSR count). The lowest BCUT2D eigenvalue weighted by atomic mass is 9.89. The third kappa shape index (κ3) is 3.95. The van der Waals surface area contributed by atoms with Gasteiger partial charge in [0.1, 0.15) is 11.2 Å². The maximum absolute atomic E-state index is 14.0. The van der Waals surface area contributed by atoms with Gasteiger partial charge in [-0.25, -0.2) is 4.39 Å². The summed E-state index contributed by atoms with van der Waals surface area (Å²) in [5.41, 5.74) is -0.623. The van der Waals surface area contributed by atoms with Gasteiger partial charge < -0.3 is 19.6 Å². The predicted octanol–water partition coefficient (Wildman–Crippen LogP) is 0.801. The summed E-state index contributed by atoms with van der Waals surface area (Å²) in [6, 6.07) is 6.61. The molecule has 0 spiro atoms. The Morgan fingerprint density at radius 1 is 0.893 bits per heavy atom. The standard InChI is InChI=1S/C20H27FN4O3/c1-20(2,18(27)24-9-7-22(15-26)8-10-24)19(28)25-13-11-23(12-14-25)17-6-4-3-5-16(17)21/h3-6,15H,7-14H2,1-2H3. The summed E-state index contributed by atoms with van der Waals surface area (Å²) in [7, 11) is 0. The van der Waals surface area contributed by atoms with Crippen molar-refractivity contribution >= 4 is 23.9 Å². The fourth-order valence-corrected chi connectivity index (χ4v) is 3.77. The number of hydrogen-bond acceptors (Lipinski definition) is 4. The minimum absolute atomic E-state index is 0.205. The Labute approximate surface area is 164 Å². The van der Waals surface area contributed by atoms with Gasteiger partial charge in [-0.1, -0.05) is 12.1 Å². The van der Waals surface area contributed by atoms with Crippen molar-refractivity contribution in [2.75, 3.05) is 57.3 Å². The number of amides is 3. The zero-order valence-electron chi connectivity index (χ0n) is 16.4. The highest BCUT2D eigenvalue weighted by Gasteiger charge is 2.43. The molecule has 2 aliphatic rings. The first-order valence-corrected chi connectivity index (χ1v) is 9.62. The molecule has 0 radical (unpaired) electrons. The minimum Gasteiger partial charge on any atom is -0.366 e. The van der Waals surface area contributed by atoms with E-state index in [1.807, 2.05) is 4.90 Å². The van der Waals surface area contributed by atoms with Gasteiger partial charge in [0.25, 0.3) is 0 Å². The van der Waals surface area contributed by atoms with E-state index in [0.29, 0.717) is 58.0 Å². The Bertz CT molecular complexity index is 739. The molecule has 2 fully saturated rings. The van der Waals surface area contributed by atoms with Crippen LogP contribution in [0.1, 0.15) is 13.8 Å². The molecule has 0 aromatic heterocycles. The molecule has 0 unspecified atom stereocenters. The first-order chi connectivity index (χ1) is 13.3. The smallest absolute Gasteiger partial charge is 0.237 e. The Morgan fingerprint density at radius 2 is 1.39 bits per heavy atom. The fraction of sp³-hybridized carbons (Fsp3) is 0.550. The van der Waals surface area contributed by atoms with Crippen LogP contribution < -0.4 is 4.90 Å². The predicted molar refractivity (Wildman–Crippen MR) is 103 cm³/mol. The molecule has 0 N–H and O–H groups in total. The van der Waals surface area contributed by atoms with Crippen LogP contribution in [-0.2, 0) is 14.4 Å². The van der Waals surface area contributed by atoms with Crippen LogP contribution >= 0.6 is 0 Å². The average Bonchev–Trinajstić information content (AvgIpc) is 2.73. The largest absolute Gasteiger partial charge is 0.366 e. The first-order valence-electron chi connectivity index (χ1n) is 9.62. The number of para-hydroxylation sites is 1. The normalized spacial score (nSPS) is 18.2. The Kier molecular flexibility index (Phi) is 5.86. The van der Waals surface area contributed by atoms with Gasteiger partial charge in [0.2, 0.25) is 18.2 Å². The van der Waals surface area contributed by atoms with Gasteiger partial charge in [0.05, 0.1) is 5.69 Å². The molecule has 2 aliphatic heterocycles. The number of benzene rings is 1. The number of carbonyl (C=O) groups is 3. The molecule has 0 saturated carbocycles. The molecular weight excluding hydrogens is 363 g/mol. The van der Waals surface area contributed by atoms with Crippen LogP contribution in [0.2, 0.25) is 0 Å². The zero-order valence-corrected chi connectivity index (χ0v) is 16.4. The van der Waals surface area contributed by atoms with E-state index in [9.17, 15) is 18.8 Å². The summed E-state index contributed by atoms with van der Waals surface area (Å²) in [4.78, 5) is 43.7. The Morgan fingerprint density at radius 3 is 1.89 bits per heavy atom. The Hall–Kier alpha value is -2.64. The topological polar surface area (TPSA) is 64.2 Å². The van der Waals surface area contributed by atoms with Crippen LogP contribution in [0.4, 0.5) is 10.1 Å². The molecule has 7 nitrogen and oxygen atoms in total. The summed E-state index contributed by atoms with van der Waals surface area (Å²) in [6.45, 7) is 7.11. The SMILES string of the molecule is CC(C)(C(=O)N1CCN(C=O)CC1)C(=O)N1CCN(c2ccccc2F)CC1. The molecule has 1 aromatic carbocycles. The van der Waals surface area contributed by atoms with Crippen molar-refractivity contribution in [1.82, 2.24) is 14.7 Å². The molecule has 0 bridgehead atoms. The van der Waals surface area contributed by atoms with Crippen molar-refractivity contribution in [2.45, 2.75) is 13.8 Å². The molecule has 2 heterocycles. The molecule has 152 valence electrons. The van der Waals surface area contributed by atoms with Gasteiger partial charge in [-0.3, -0.25) is 14.4 Å². The molecule has 2 saturated heterocycles. The number of halogens is 1. The van der Waals surface area contributed by atoms with E-state index in [2.05, 4.69) is 0 Å². The summed E-state index contributed by atoms with van der Waals surface area (Å²) in [5.74, 6) is -0.685. The van der Waals surface area contributed by atoms with Crippen LogP contribution in [-0.4, -0.2) is 85.3 Å². The van der Waals surface area contributed by atoms with Gasteiger partial charge in [-0.15, -0.1) is 0 Å². The summed E-state index contributed by atoms with van der Waals surface area (Å²) >= 11 is 0. The van der Waals surface area contributed by atoms with Crippen molar-refractivity contribution in [2.24, 2.45) is 5.41 Å².